The Hall–Kier alpha value is -2.97. The minimum Gasteiger partial charge on any atom is -0.340 e. The molecule has 4 rings (SSSR count). The van der Waals surface area contributed by atoms with Crippen LogP contribution in [-0.2, 0) is 17.8 Å². The summed E-state index contributed by atoms with van der Waals surface area (Å²) in [5.74, 6) is 1.67. The summed E-state index contributed by atoms with van der Waals surface area (Å²) in [5, 5.41) is 8.16. The molecule has 0 spiro atoms. The molecule has 28 heavy (non-hydrogen) atoms. The number of nitrogens with zero attached hydrogens (tertiary/aromatic N) is 6. The van der Waals surface area contributed by atoms with Crippen LogP contribution in [0.15, 0.2) is 34.0 Å². The largest absolute Gasteiger partial charge is 0.340 e. The van der Waals surface area contributed by atoms with Crippen LogP contribution in [0.2, 0.25) is 0 Å². The summed E-state index contributed by atoms with van der Waals surface area (Å²) < 4.78 is 8.30. The van der Waals surface area contributed by atoms with E-state index in [0.29, 0.717) is 36.2 Å². The highest BCUT2D eigenvalue weighted by Gasteiger charge is 2.29. The maximum Gasteiger partial charge on any atom is 0.291 e. The van der Waals surface area contributed by atoms with Gasteiger partial charge in [0.05, 0.1) is 5.92 Å². The summed E-state index contributed by atoms with van der Waals surface area (Å²) in [4.78, 5) is 31.5. The molecule has 0 aliphatic carbocycles. The first-order valence-corrected chi connectivity index (χ1v) is 9.64. The lowest BCUT2D eigenvalue weighted by molar-refractivity contribution is -0.133. The molecule has 0 unspecified atom stereocenters. The molecule has 0 bridgehead atoms. The monoisotopic (exact) mass is 384 g/mol. The highest BCUT2D eigenvalue weighted by molar-refractivity contribution is 5.76. The van der Waals surface area contributed by atoms with Gasteiger partial charge >= 0.3 is 0 Å². The van der Waals surface area contributed by atoms with Crippen molar-refractivity contribution in [3.63, 3.8) is 0 Å². The van der Waals surface area contributed by atoms with Crippen LogP contribution in [0.1, 0.15) is 44.3 Å². The van der Waals surface area contributed by atoms with E-state index in [2.05, 4.69) is 29.1 Å². The van der Waals surface area contributed by atoms with Gasteiger partial charge < -0.3 is 13.8 Å². The third kappa shape index (κ3) is 3.69. The Morgan fingerprint density at radius 3 is 3.07 bits per heavy atom. The van der Waals surface area contributed by atoms with Gasteiger partial charge in [0.2, 0.25) is 11.8 Å². The summed E-state index contributed by atoms with van der Waals surface area (Å²) in [5.41, 5.74) is 0.229. The quantitative estimate of drug-likeness (QED) is 0.661. The van der Waals surface area contributed by atoms with Gasteiger partial charge in [0.25, 0.3) is 5.56 Å². The highest BCUT2D eigenvalue weighted by Crippen LogP contribution is 2.26. The Kier molecular flexibility index (Phi) is 4.97. The fourth-order valence-corrected chi connectivity index (χ4v) is 3.61. The van der Waals surface area contributed by atoms with Crippen molar-refractivity contribution in [1.29, 1.82) is 0 Å². The first-order chi connectivity index (χ1) is 13.5. The van der Waals surface area contributed by atoms with Gasteiger partial charge in [-0.1, -0.05) is 19.0 Å². The number of rotatable bonds is 5. The molecule has 1 atom stereocenters. The zero-order valence-corrected chi connectivity index (χ0v) is 16.1. The number of carbonyl (C=O) groups excluding carboxylic acids is 1. The molecule has 1 amide bonds. The molecule has 1 saturated heterocycles. The summed E-state index contributed by atoms with van der Waals surface area (Å²) in [6.45, 7) is 5.32. The molecular weight excluding hydrogens is 360 g/mol. The van der Waals surface area contributed by atoms with Crippen LogP contribution in [0.4, 0.5) is 0 Å². The van der Waals surface area contributed by atoms with E-state index in [-0.39, 0.29) is 23.9 Å². The molecule has 1 aliphatic heterocycles. The van der Waals surface area contributed by atoms with Crippen LogP contribution in [0, 0.1) is 5.92 Å². The smallest absolute Gasteiger partial charge is 0.291 e. The Bertz CT molecular complexity index is 1030. The van der Waals surface area contributed by atoms with Crippen molar-refractivity contribution in [2.75, 3.05) is 13.1 Å². The van der Waals surface area contributed by atoms with Crippen molar-refractivity contribution in [3.8, 4) is 0 Å². The molecule has 148 valence electrons. The Morgan fingerprint density at radius 2 is 2.25 bits per heavy atom. The van der Waals surface area contributed by atoms with E-state index in [4.69, 9.17) is 4.52 Å². The van der Waals surface area contributed by atoms with Crippen molar-refractivity contribution in [1.82, 2.24) is 29.2 Å². The van der Waals surface area contributed by atoms with E-state index in [0.717, 1.165) is 19.3 Å². The van der Waals surface area contributed by atoms with Crippen molar-refractivity contribution in [2.24, 2.45) is 5.92 Å². The predicted octanol–water partition coefficient (Wildman–Crippen LogP) is 1.48. The lowest BCUT2D eigenvalue weighted by Crippen LogP contribution is -2.42. The number of fused-ring (bicyclic) bond motifs is 1. The topological polar surface area (TPSA) is 98.5 Å². The summed E-state index contributed by atoms with van der Waals surface area (Å²) in [6.07, 6.45) is 5.83. The van der Waals surface area contributed by atoms with Gasteiger partial charge in [0.15, 0.2) is 5.82 Å². The second-order valence-electron chi connectivity index (χ2n) is 7.72. The van der Waals surface area contributed by atoms with Crippen molar-refractivity contribution >= 4 is 11.4 Å². The third-order valence-corrected chi connectivity index (χ3v) is 5.03. The number of hydrogen-bond acceptors (Lipinski definition) is 6. The minimum atomic E-state index is -0.273. The fraction of sp³-hybridized carbons (Fsp3) is 0.526. The zero-order valence-electron chi connectivity index (χ0n) is 16.1. The van der Waals surface area contributed by atoms with E-state index in [1.807, 2.05) is 0 Å². The van der Waals surface area contributed by atoms with Crippen LogP contribution < -0.4 is 5.56 Å². The number of piperidine rings is 1. The molecule has 0 N–H and O–H groups in total. The van der Waals surface area contributed by atoms with Crippen LogP contribution in [0.25, 0.3) is 5.52 Å². The summed E-state index contributed by atoms with van der Waals surface area (Å²) >= 11 is 0. The van der Waals surface area contributed by atoms with Gasteiger partial charge in [-0.15, -0.1) is 0 Å². The molecule has 0 radical (unpaired) electrons. The maximum atomic E-state index is 12.8. The second kappa shape index (κ2) is 7.57. The lowest BCUT2D eigenvalue weighted by Gasteiger charge is -2.31. The number of likely N-dealkylation sites (tertiary alicyclic amines) is 1. The SMILES string of the molecule is CC(C)Cc1noc([C@H]2CCCN(C(=O)Cn3ncn4cccc4c3=O)C2)n1. The average Bonchev–Trinajstić information content (AvgIpc) is 3.33. The van der Waals surface area contributed by atoms with Gasteiger partial charge in [0.1, 0.15) is 18.4 Å². The minimum absolute atomic E-state index is 0.0314. The Balaban J connectivity index is 1.45. The van der Waals surface area contributed by atoms with Crippen LogP contribution >= 0.6 is 0 Å². The van der Waals surface area contributed by atoms with Crippen molar-refractivity contribution in [2.45, 2.75) is 45.6 Å². The fourth-order valence-electron chi connectivity index (χ4n) is 3.61. The first kappa shape index (κ1) is 18.4. The lowest BCUT2D eigenvalue weighted by atomic mass is 9.98. The van der Waals surface area contributed by atoms with E-state index >= 15 is 0 Å². The normalized spacial score (nSPS) is 17.5. The molecule has 1 aliphatic rings. The van der Waals surface area contributed by atoms with Crippen molar-refractivity contribution in [3.05, 3.63) is 46.7 Å². The van der Waals surface area contributed by atoms with Crippen LogP contribution in [0.5, 0.6) is 0 Å². The number of carbonyl (C=O) groups is 1. The van der Waals surface area contributed by atoms with E-state index in [1.54, 1.807) is 27.6 Å². The molecule has 0 saturated carbocycles. The van der Waals surface area contributed by atoms with Gasteiger partial charge in [-0.3, -0.25) is 9.59 Å². The van der Waals surface area contributed by atoms with E-state index < -0.39 is 0 Å². The van der Waals surface area contributed by atoms with Crippen LogP contribution in [-0.4, -0.2) is 48.2 Å². The zero-order chi connectivity index (χ0) is 19.7. The molecule has 9 nitrogen and oxygen atoms in total. The van der Waals surface area contributed by atoms with Gasteiger partial charge in [-0.25, -0.2) is 4.68 Å². The molecule has 3 aromatic heterocycles. The van der Waals surface area contributed by atoms with Gasteiger partial charge in [0, 0.05) is 25.7 Å². The van der Waals surface area contributed by atoms with E-state index in [9.17, 15) is 9.59 Å². The molecule has 1 fully saturated rings. The van der Waals surface area contributed by atoms with Gasteiger partial charge in [-0.2, -0.15) is 10.1 Å². The second-order valence-corrected chi connectivity index (χ2v) is 7.72. The van der Waals surface area contributed by atoms with Gasteiger partial charge in [-0.05, 0) is 30.9 Å². The molecule has 0 aromatic carbocycles. The van der Waals surface area contributed by atoms with Crippen molar-refractivity contribution < 1.29 is 9.32 Å². The molecule has 3 aromatic rings. The highest BCUT2D eigenvalue weighted by atomic mass is 16.5. The standard InChI is InChI=1S/C19H24N6O3/c1-13(2)9-16-21-18(28-22-16)14-5-3-7-23(10-14)17(26)11-25-19(27)15-6-4-8-24(15)12-20-25/h4,6,8,12-14H,3,5,7,9-11H2,1-2H3/t14-/m0/s1. The third-order valence-electron chi connectivity index (χ3n) is 5.03. The number of amides is 1. The predicted molar refractivity (Wildman–Crippen MR) is 101 cm³/mol. The number of aromatic nitrogens is 5. The van der Waals surface area contributed by atoms with Crippen LogP contribution in [0.3, 0.4) is 0 Å². The molecule has 4 heterocycles. The first-order valence-electron chi connectivity index (χ1n) is 9.64. The Morgan fingerprint density at radius 1 is 1.39 bits per heavy atom. The molecule has 9 heteroatoms. The van der Waals surface area contributed by atoms with E-state index in [1.165, 1.54) is 11.0 Å². The average molecular weight is 384 g/mol. The maximum absolute atomic E-state index is 12.8. The Labute approximate surface area is 162 Å². The molecular formula is C19H24N6O3. The summed E-state index contributed by atoms with van der Waals surface area (Å²) in [7, 11) is 0. The number of hydrogen-bond donors (Lipinski definition) is 0. The summed E-state index contributed by atoms with van der Waals surface area (Å²) in [6, 6.07) is 3.49.